The maximum atomic E-state index is 13.6. The molecule has 1 unspecified atom stereocenters. The molecule has 20 heavy (non-hydrogen) atoms. The largest absolute Gasteiger partial charge is 0.497 e. The molecule has 0 saturated carbocycles. The molecule has 0 aliphatic rings. The SMILES string of the molecule is COc1cccc(CC(N)c2c(F)cc(F)cc2F)c1. The normalized spacial score (nSPS) is 12.2. The maximum Gasteiger partial charge on any atom is 0.133 e. The highest BCUT2D eigenvalue weighted by molar-refractivity contribution is 5.31. The van der Waals surface area contributed by atoms with Gasteiger partial charge in [-0.3, -0.25) is 0 Å². The summed E-state index contributed by atoms with van der Waals surface area (Å²) in [6, 6.07) is 7.39. The lowest BCUT2D eigenvalue weighted by Crippen LogP contribution is -2.17. The Morgan fingerprint density at radius 2 is 1.75 bits per heavy atom. The van der Waals surface area contributed by atoms with E-state index in [2.05, 4.69) is 0 Å². The van der Waals surface area contributed by atoms with E-state index in [0.29, 0.717) is 17.9 Å². The number of hydrogen-bond acceptors (Lipinski definition) is 2. The lowest BCUT2D eigenvalue weighted by molar-refractivity contribution is 0.414. The van der Waals surface area contributed by atoms with Crippen LogP contribution in [0.1, 0.15) is 17.2 Å². The van der Waals surface area contributed by atoms with E-state index in [9.17, 15) is 13.2 Å². The highest BCUT2D eigenvalue weighted by Gasteiger charge is 2.18. The van der Waals surface area contributed by atoms with Crippen molar-refractivity contribution in [2.45, 2.75) is 12.5 Å². The first-order valence-electron chi connectivity index (χ1n) is 6.04. The van der Waals surface area contributed by atoms with Crippen LogP contribution in [0.2, 0.25) is 0 Å². The van der Waals surface area contributed by atoms with Crippen LogP contribution in [0.3, 0.4) is 0 Å². The summed E-state index contributed by atoms with van der Waals surface area (Å²) in [7, 11) is 1.53. The van der Waals surface area contributed by atoms with Crippen LogP contribution in [0.15, 0.2) is 36.4 Å². The van der Waals surface area contributed by atoms with Gasteiger partial charge in [0.25, 0.3) is 0 Å². The Kier molecular flexibility index (Phi) is 4.29. The number of benzene rings is 2. The average Bonchev–Trinajstić information content (AvgIpc) is 2.37. The summed E-state index contributed by atoms with van der Waals surface area (Å²) in [4.78, 5) is 0. The molecule has 0 aromatic heterocycles. The quantitative estimate of drug-likeness (QED) is 0.932. The zero-order valence-electron chi connectivity index (χ0n) is 10.9. The molecule has 106 valence electrons. The molecule has 0 aliphatic carbocycles. The first-order chi connectivity index (χ1) is 9.51. The van der Waals surface area contributed by atoms with Gasteiger partial charge >= 0.3 is 0 Å². The van der Waals surface area contributed by atoms with Crippen molar-refractivity contribution in [1.82, 2.24) is 0 Å². The van der Waals surface area contributed by atoms with Crippen LogP contribution in [0.5, 0.6) is 5.75 Å². The fraction of sp³-hybridized carbons (Fsp3) is 0.200. The lowest BCUT2D eigenvalue weighted by atomic mass is 9.98. The molecular weight excluding hydrogens is 267 g/mol. The molecule has 2 aromatic carbocycles. The monoisotopic (exact) mass is 281 g/mol. The maximum absolute atomic E-state index is 13.6. The summed E-state index contributed by atoms with van der Waals surface area (Å²) in [5.74, 6) is -2.28. The van der Waals surface area contributed by atoms with E-state index in [0.717, 1.165) is 5.56 Å². The third-order valence-corrected chi connectivity index (χ3v) is 3.00. The van der Waals surface area contributed by atoms with Crippen molar-refractivity contribution in [1.29, 1.82) is 0 Å². The van der Waals surface area contributed by atoms with Crippen molar-refractivity contribution in [3.05, 3.63) is 65.0 Å². The van der Waals surface area contributed by atoms with Gasteiger partial charge in [-0.05, 0) is 24.1 Å². The van der Waals surface area contributed by atoms with Gasteiger partial charge in [-0.25, -0.2) is 13.2 Å². The molecule has 1 atom stereocenters. The Labute approximate surface area is 115 Å². The zero-order chi connectivity index (χ0) is 14.7. The van der Waals surface area contributed by atoms with Gasteiger partial charge in [-0.15, -0.1) is 0 Å². The molecule has 0 fully saturated rings. The number of hydrogen-bond donors (Lipinski definition) is 1. The van der Waals surface area contributed by atoms with Crippen molar-refractivity contribution in [3.8, 4) is 5.75 Å². The molecule has 2 nitrogen and oxygen atoms in total. The summed E-state index contributed by atoms with van der Waals surface area (Å²) in [6.45, 7) is 0. The number of rotatable bonds is 4. The third-order valence-electron chi connectivity index (χ3n) is 3.00. The van der Waals surface area contributed by atoms with E-state index in [4.69, 9.17) is 10.5 Å². The summed E-state index contributed by atoms with van der Waals surface area (Å²) < 4.78 is 45.2. The Balaban J connectivity index is 2.26. The van der Waals surface area contributed by atoms with Crippen LogP contribution in [0.4, 0.5) is 13.2 Å². The molecule has 5 heteroatoms. The number of ether oxygens (including phenoxy) is 1. The molecule has 2 rings (SSSR count). The molecule has 0 radical (unpaired) electrons. The van der Waals surface area contributed by atoms with E-state index < -0.39 is 23.5 Å². The second kappa shape index (κ2) is 5.96. The second-order valence-electron chi connectivity index (χ2n) is 4.45. The molecule has 0 saturated heterocycles. The second-order valence-corrected chi connectivity index (χ2v) is 4.45. The van der Waals surface area contributed by atoms with Crippen LogP contribution < -0.4 is 10.5 Å². The Hall–Kier alpha value is -2.01. The summed E-state index contributed by atoms with van der Waals surface area (Å²) in [5.41, 5.74) is 6.29. The topological polar surface area (TPSA) is 35.2 Å². The van der Waals surface area contributed by atoms with Crippen molar-refractivity contribution in [2.75, 3.05) is 7.11 Å². The first-order valence-corrected chi connectivity index (χ1v) is 6.04. The van der Waals surface area contributed by atoms with E-state index in [1.54, 1.807) is 24.3 Å². The smallest absolute Gasteiger partial charge is 0.133 e. The minimum Gasteiger partial charge on any atom is -0.497 e. The Morgan fingerprint density at radius 3 is 2.35 bits per heavy atom. The number of halogens is 3. The van der Waals surface area contributed by atoms with Gasteiger partial charge in [0.05, 0.1) is 7.11 Å². The van der Waals surface area contributed by atoms with Gasteiger partial charge in [-0.1, -0.05) is 12.1 Å². The van der Waals surface area contributed by atoms with Crippen molar-refractivity contribution in [2.24, 2.45) is 5.73 Å². The van der Waals surface area contributed by atoms with Crippen LogP contribution in [-0.2, 0) is 6.42 Å². The molecule has 2 aromatic rings. The van der Waals surface area contributed by atoms with Crippen LogP contribution in [-0.4, -0.2) is 7.11 Å². The van der Waals surface area contributed by atoms with Crippen LogP contribution in [0, 0.1) is 17.5 Å². The molecular formula is C15H14F3NO. The molecule has 0 heterocycles. The van der Waals surface area contributed by atoms with Gasteiger partial charge < -0.3 is 10.5 Å². The van der Waals surface area contributed by atoms with E-state index in [1.807, 2.05) is 0 Å². The third kappa shape index (κ3) is 3.11. The van der Waals surface area contributed by atoms with Crippen molar-refractivity contribution >= 4 is 0 Å². The minimum atomic E-state index is -0.974. The summed E-state index contributed by atoms with van der Waals surface area (Å²) >= 11 is 0. The highest BCUT2D eigenvalue weighted by atomic mass is 19.1. The van der Waals surface area contributed by atoms with E-state index >= 15 is 0 Å². The predicted molar refractivity (Wildman–Crippen MR) is 69.9 cm³/mol. The van der Waals surface area contributed by atoms with E-state index in [-0.39, 0.29) is 12.0 Å². The van der Waals surface area contributed by atoms with Gasteiger partial charge in [0.2, 0.25) is 0 Å². The molecule has 0 aliphatic heterocycles. The Morgan fingerprint density at radius 1 is 1.10 bits per heavy atom. The molecule has 0 bridgehead atoms. The number of methoxy groups -OCH3 is 1. The minimum absolute atomic E-state index is 0.219. The van der Waals surface area contributed by atoms with Crippen molar-refractivity contribution in [3.63, 3.8) is 0 Å². The van der Waals surface area contributed by atoms with Gasteiger partial charge in [0.15, 0.2) is 0 Å². The molecule has 2 N–H and O–H groups in total. The highest BCUT2D eigenvalue weighted by Crippen LogP contribution is 2.24. The Bertz CT molecular complexity index is 593. The van der Waals surface area contributed by atoms with Gasteiger partial charge in [0.1, 0.15) is 23.2 Å². The number of nitrogens with two attached hydrogens (primary N) is 1. The first kappa shape index (κ1) is 14.4. The van der Waals surface area contributed by atoms with Crippen LogP contribution in [0.25, 0.3) is 0 Å². The average molecular weight is 281 g/mol. The zero-order valence-corrected chi connectivity index (χ0v) is 10.9. The van der Waals surface area contributed by atoms with E-state index in [1.165, 1.54) is 7.11 Å². The molecule has 0 amide bonds. The summed E-state index contributed by atoms with van der Waals surface area (Å²) in [5, 5.41) is 0. The van der Waals surface area contributed by atoms with Crippen LogP contribution >= 0.6 is 0 Å². The standard InChI is InChI=1S/C15H14F3NO/c1-20-11-4-2-3-9(5-11)6-14(19)15-12(17)7-10(16)8-13(15)18/h2-5,7-8,14H,6,19H2,1H3. The fourth-order valence-electron chi connectivity index (χ4n) is 2.06. The van der Waals surface area contributed by atoms with Gasteiger partial charge in [0, 0.05) is 23.7 Å². The van der Waals surface area contributed by atoms with Gasteiger partial charge in [-0.2, -0.15) is 0 Å². The van der Waals surface area contributed by atoms with Crippen molar-refractivity contribution < 1.29 is 17.9 Å². The molecule has 0 spiro atoms. The summed E-state index contributed by atoms with van der Waals surface area (Å²) in [6.07, 6.45) is 0.219. The fourth-order valence-corrected chi connectivity index (χ4v) is 2.06. The lowest BCUT2D eigenvalue weighted by Gasteiger charge is -2.14. The predicted octanol–water partition coefficient (Wildman–Crippen LogP) is 3.36.